The number of H-pyrrole nitrogens is 1. The maximum absolute atomic E-state index is 3.49. The fraction of sp³-hybridized carbons (Fsp3) is 0. The summed E-state index contributed by atoms with van der Waals surface area (Å²) in [5.41, 5.74) is 6.51. The number of rotatable bonds is 0. The Kier molecular flexibility index (Phi) is 1.13. The summed E-state index contributed by atoms with van der Waals surface area (Å²) in [6.45, 7) is 0. The smallest absolute Gasteiger partial charge is 0.0544 e. The van der Waals surface area contributed by atoms with Gasteiger partial charge in [0.05, 0.1) is 5.69 Å². The molecule has 0 aliphatic heterocycles. The Morgan fingerprint density at radius 1 is 0.800 bits per heavy atom. The van der Waals surface area contributed by atoms with E-state index in [0.717, 1.165) is 0 Å². The molecule has 1 heteroatoms. The van der Waals surface area contributed by atoms with Crippen LogP contribution < -0.4 is 0 Å². The highest BCUT2D eigenvalue weighted by Gasteiger charge is 2.19. The summed E-state index contributed by atoms with van der Waals surface area (Å²) in [7, 11) is 0. The van der Waals surface area contributed by atoms with Crippen molar-refractivity contribution in [3.8, 4) is 22.4 Å². The molecule has 2 aromatic carbocycles. The van der Waals surface area contributed by atoms with Crippen molar-refractivity contribution >= 4 is 10.9 Å². The number of aromatic amines is 1. The summed E-state index contributed by atoms with van der Waals surface area (Å²) < 4.78 is 0. The lowest BCUT2D eigenvalue weighted by Crippen LogP contribution is -1.71. The molecule has 1 heterocycles. The van der Waals surface area contributed by atoms with Crippen molar-refractivity contribution in [2.45, 2.75) is 0 Å². The number of para-hydroxylation sites is 1. The minimum Gasteiger partial charge on any atom is -0.354 e. The number of hydrogen-bond donors (Lipinski definition) is 1. The highest BCUT2D eigenvalue weighted by molar-refractivity contribution is 6.07. The Balaban J connectivity index is 2.26. The minimum absolute atomic E-state index is 1.23. The Labute approximate surface area is 87.4 Å². The molecule has 1 N–H and O–H groups in total. The summed E-state index contributed by atoms with van der Waals surface area (Å²) >= 11 is 0. The fourth-order valence-corrected chi connectivity index (χ4v) is 2.49. The van der Waals surface area contributed by atoms with Crippen LogP contribution in [0.2, 0.25) is 0 Å². The van der Waals surface area contributed by atoms with Gasteiger partial charge in [-0.15, -0.1) is 0 Å². The molecule has 15 heavy (non-hydrogen) atoms. The zero-order valence-corrected chi connectivity index (χ0v) is 8.12. The maximum Gasteiger partial charge on any atom is 0.0544 e. The predicted octanol–water partition coefficient (Wildman–Crippen LogP) is 3.82. The van der Waals surface area contributed by atoms with Crippen molar-refractivity contribution in [1.29, 1.82) is 0 Å². The maximum atomic E-state index is 3.49. The van der Waals surface area contributed by atoms with Gasteiger partial charge in [0.1, 0.15) is 0 Å². The molecule has 1 aliphatic carbocycles. The summed E-state index contributed by atoms with van der Waals surface area (Å²) in [5, 5.41) is 1.33. The van der Waals surface area contributed by atoms with Gasteiger partial charge >= 0.3 is 0 Å². The molecule has 70 valence electrons. The number of nitrogens with one attached hydrogen (secondary N) is 1. The average Bonchev–Trinajstić information content (AvgIpc) is 2.77. The van der Waals surface area contributed by atoms with Crippen molar-refractivity contribution in [3.05, 3.63) is 48.5 Å². The molecular formula is C14H9N. The largest absolute Gasteiger partial charge is 0.354 e. The molecule has 3 aromatic rings. The lowest BCUT2D eigenvalue weighted by Gasteiger charge is -1.94. The van der Waals surface area contributed by atoms with Gasteiger partial charge in [0.2, 0.25) is 0 Å². The zero-order chi connectivity index (χ0) is 9.83. The molecule has 0 amide bonds. The standard InChI is InChI=1S/C14H9N/c1-2-7-12-11(6-1)13-9-4-3-5-10(8-9)14(13)15-12/h1-8,15H. The Bertz CT molecular complexity index is 677. The SMILES string of the molecule is c1cc2cc(c1)-c1c-2[nH]c2ccccc12. The Hall–Kier alpha value is -2.02. The third-order valence-electron chi connectivity index (χ3n) is 3.15. The Morgan fingerprint density at radius 2 is 1.67 bits per heavy atom. The van der Waals surface area contributed by atoms with Crippen LogP contribution in [-0.4, -0.2) is 4.98 Å². The van der Waals surface area contributed by atoms with Gasteiger partial charge in [-0.3, -0.25) is 0 Å². The van der Waals surface area contributed by atoms with Crippen LogP contribution >= 0.6 is 0 Å². The first-order valence-corrected chi connectivity index (χ1v) is 5.15. The molecule has 0 spiro atoms. The zero-order valence-electron chi connectivity index (χ0n) is 8.12. The number of hydrogen-bond acceptors (Lipinski definition) is 0. The normalized spacial score (nSPS) is 12.0. The molecule has 2 bridgehead atoms. The highest BCUT2D eigenvalue weighted by atomic mass is 14.7. The van der Waals surface area contributed by atoms with E-state index >= 15 is 0 Å². The molecule has 1 nitrogen and oxygen atoms in total. The summed E-state index contributed by atoms with van der Waals surface area (Å²) in [6, 6.07) is 17.2. The van der Waals surface area contributed by atoms with Crippen LogP contribution in [0.15, 0.2) is 48.5 Å². The molecule has 0 atom stereocenters. The van der Waals surface area contributed by atoms with Gasteiger partial charge in [0.15, 0.2) is 0 Å². The van der Waals surface area contributed by atoms with Gasteiger partial charge < -0.3 is 4.98 Å². The number of fused-ring (bicyclic) bond motifs is 7. The second-order valence-electron chi connectivity index (χ2n) is 4.00. The van der Waals surface area contributed by atoms with Gasteiger partial charge in [0, 0.05) is 16.5 Å². The van der Waals surface area contributed by atoms with Gasteiger partial charge in [-0.2, -0.15) is 0 Å². The van der Waals surface area contributed by atoms with E-state index in [9.17, 15) is 0 Å². The van der Waals surface area contributed by atoms with E-state index in [1.165, 1.54) is 33.3 Å². The van der Waals surface area contributed by atoms with Crippen LogP contribution in [0.25, 0.3) is 33.3 Å². The highest BCUT2D eigenvalue weighted by Crippen LogP contribution is 2.43. The second kappa shape index (κ2) is 2.31. The van der Waals surface area contributed by atoms with Gasteiger partial charge in [-0.25, -0.2) is 0 Å². The summed E-state index contributed by atoms with van der Waals surface area (Å²) in [4.78, 5) is 3.49. The van der Waals surface area contributed by atoms with Crippen LogP contribution in [0, 0.1) is 0 Å². The van der Waals surface area contributed by atoms with E-state index in [1.807, 2.05) is 0 Å². The molecule has 0 radical (unpaired) electrons. The molecule has 0 fully saturated rings. The second-order valence-corrected chi connectivity index (χ2v) is 4.00. The van der Waals surface area contributed by atoms with E-state index in [2.05, 4.69) is 53.5 Å². The molecule has 0 saturated carbocycles. The molecule has 0 unspecified atom stereocenters. The molecule has 1 aromatic heterocycles. The third-order valence-corrected chi connectivity index (χ3v) is 3.15. The van der Waals surface area contributed by atoms with Crippen molar-refractivity contribution in [2.24, 2.45) is 0 Å². The molecule has 1 aliphatic rings. The summed E-state index contributed by atoms with van der Waals surface area (Å²) in [6.07, 6.45) is 0. The summed E-state index contributed by atoms with van der Waals surface area (Å²) in [5.74, 6) is 0. The van der Waals surface area contributed by atoms with Crippen molar-refractivity contribution in [2.75, 3.05) is 0 Å². The van der Waals surface area contributed by atoms with Gasteiger partial charge in [0.25, 0.3) is 0 Å². The van der Waals surface area contributed by atoms with E-state index in [-0.39, 0.29) is 0 Å². The minimum atomic E-state index is 1.23. The number of aromatic nitrogens is 1. The van der Waals surface area contributed by atoms with Gasteiger partial charge in [-0.05, 0) is 23.3 Å². The van der Waals surface area contributed by atoms with Gasteiger partial charge in [-0.1, -0.05) is 36.4 Å². The molecular weight excluding hydrogens is 182 g/mol. The van der Waals surface area contributed by atoms with Crippen molar-refractivity contribution < 1.29 is 0 Å². The lowest BCUT2D eigenvalue weighted by atomic mass is 10.1. The first-order valence-electron chi connectivity index (χ1n) is 5.15. The quantitative estimate of drug-likeness (QED) is 0.435. The first kappa shape index (κ1) is 7.30. The van der Waals surface area contributed by atoms with Crippen LogP contribution in [0.4, 0.5) is 0 Å². The third kappa shape index (κ3) is 0.785. The van der Waals surface area contributed by atoms with E-state index < -0.39 is 0 Å². The molecule has 4 rings (SSSR count). The van der Waals surface area contributed by atoms with Crippen LogP contribution in [0.3, 0.4) is 0 Å². The van der Waals surface area contributed by atoms with Crippen LogP contribution in [0.5, 0.6) is 0 Å². The topological polar surface area (TPSA) is 15.8 Å². The monoisotopic (exact) mass is 191 g/mol. The first-order chi connectivity index (χ1) is 7.43. The molecule has 0 saturated heterocycles. The predicted molar refractivity (Wildman–Crippen MR) is 62.7 cm³/mol. The number of benzene rings is 2. The van der Waals surface area contributed by atoms with E-state index in [0.29, 0.717) is 0 Å². The van der Waals surface area contributed by atoms with E-state index in [4.69, 9.17) is 0 Å². The Morgan fingerprint density at radius 3 is 2.67 bits per heavy atom. The van der Waals surface area contributed by atoms with Crippen molar-refractivity contribution in [3.63, 3.8) is 0 Å². The fourth-order valence-electron chi connectivity index (χ4n) is 2.49. The van der Waals surface area contributed by atoms with Crippen molar-refractivity contribution in [1.82, 2.24) is 4.98 Å². The van der Waals surface area contributed by atoms with Crippen LogP contribution in [-0.2, 0) is 0 Å². The van der Waals surface area contributed by atoms with Crippen LogP contribution in [0.1, 0.15) is 0 Å². The van der Waals surface area contributed by atoms with E-state index in [1.54, 1.807) is 0 Å². The lowest BCUT2D eigenvalue weighted by molar-refractivity contribution is 1.48. The average molecular weight is 191 g/mol.